The highest BCUT2D eigenvalue weighted by Crippen LogP contribution is 2.30. The minimum absolute atomic E-state index is 0.00106. The van der Waals surface area contributed by atoms with Gasteiger partial charge in [0.1, 0.15) is 18.8 Å². The molecule has 2 nitrogen and oxygen atoms in total. The molecule has 0 atom stereocenters. The van der Waals surface area contributed by atoms with Crippen LogP contribution in [0.4, 0.5) is 0 Å². The number of benzene rings is 1. The van der Waals surface area contributed by atoms with Gasteiger partial charge in [-0.1, -0.05) is 30.0 Å². The Hall–Kier alpha value is -1.09. The van der Waals surface area contributed by atoms with Crippen molar-refractivity contribution >= 4 is 35.9 Å². The quantitative estimate of drug-likeness (QED) is 0.593. The molecular formula is C13H13BClO2. The van der Waals surface area contributed by atoms with E-state index in [9.17, 15) is 9.59 Å². The van der Waals surface area contributed by atoms with E-state index in [-0.39, 0.29) is 23.9 Å². The van der Waals surface area contributed by atoms with Crippen LogP contribution in [0, 0.1) is 0 Å². The maximum absolute atomic E-state index is 11.4. The minimum atomic E-state index is 0.00106. The van der Waals surface area contributed by atoms with Gasteiger partial charge >= 0.3 is 0 Å². The van der Waals surface area contributed by atoms with Gasteiger partial charge in [0, 0.05) is 17.9 Å². The summed E-state index contributed by atoms with van der Waals surface area (Å²) in [5, 5.41) is 0.654. The number of Topliss-reactive ketones (excluding diaryl/α,β-unsaturated/α-hetero) is 2. The number of halogens is 1. The topological polar surface area (TPSA) is 34.1 Å². The van der Waals surface area contributed by atoms with Crippen LogP contribution in [0.1, 0.15) is 30.7 Å². The molecule has 1 radical (unpaired) electrons. The largest absolute Gasteiger partial charge is 0.299 e. The van der Waals surface area contributed by atoms with E-state index < -0.39 is 0 Å². The Balaban J connectivity index is 2.29. The van der Waals surface area contributed by atoms with Crippen LogP contribution in [0.15, 0.2) is 18.2 Å². The molecule has 2 rings (SSSR count). The SMILES string of the molecule is C[B]c1cc(Cl)cc(C2CC(=O)CC(=O)C2)c1. The first-order chi connectivity index (χ1) is 8.08. The summed E-state index contributed by atoms with van der Waals surface area (Å²) in [6, 6.07) is 5.73. The van der Waals surface area contributed by atoms with Gasteiger partial charge in [-0.2, -0.15) is 0 Å². The van der Waals surface area contributed by atoms with Crippen molar-refractivity contribution < 1.29 is 9.59 Å². The molecule has 1 aliphatic rings. The summed E-state index contributed by atoms with van der Waals surface area (Å²) < 4.78 is 0. The van der Waals surface area contributed by atoms with E-state index in [1.807, 2.05) is 32.3 Å². The van der Waals surface area contributed by atoms with Crippen molar-refractivity contribution in [3.63, 3.8) is 0 Å². The van der Waals surface area contributed by atoms with E-state index in [1.165, 1.54) is 0 Å². The fourth-order valence-electron chi connectivity index (χ4n) is 2.26. The standard InChI is InChI=1S/C13H13BClO2/c1-14-10-2-8(3-11(15)6-10)9-4-12(16)7-13(17)5-9/h2-3,6,9H,4-5,7H2,1H3. The van der Waals surface area contributed by atoms with Crippen molar-refractivity contribution in [2.45, 2.75) is 32.0 Å². The molecule has 1 aromatic rings. The van der Waals surface area contributed by atoms with Crippen molar-refractivity contribution in [2.75, 3.05) is 0 Å². The third-order valence-corrected chi connectivity index (χ3v) is 3.31. The molecule has 1 saturated carbocycles. The first-order valence-electron chi connectivity index (χ1n) is 5.71. The average Bonchev–Trinajstić information content (AvgIpc) is 2.26. The van der Waals surface area contributed by atoms with Crippen LogP contribution in [-0.4, -0.2) is 18.8 Å². The lowest BCUT2D eigenvalue weighted by molar-refractivity contribution is -0.130. The molecule has 0 heterocycles. The van der Waals surface area contributed by atoms with E-state index in [0.717, 1.165) is 11.0 Å². The molecule has 1 fully saturated rings. The second kappa shape index (κ2) is 5.05. The molecule has 17 heavy (non-hydrogen) atoms. The van der Waals surface area contributed by atoms with Crippen LogP contribution in [0.2, 0.25) is 11.8 Å². The highest BCUT2D eigenvalue weighted by atomic mass is 35.5. The number of ketones is 2. The second-order valence-electron chi connectivity index (χ2n) is 4.47. The molecule has 4 heteroatoms. The molecule has 87 valence electrons. The summed E-state index contributed by atoms with van der Waals surface area (Å²) in [4.78, 5) is 22.9. The number of hydrogen-bond donors (Lipinski definition) is 0. The molecule has 0 unspecified atom stereocenters. The zero-order valence-electron chi connectivity index (χ0n) is 9.70. The van der Waals surface area contributed by atoms with E-state index in [1.54, 1.807) is 0 Å². The highest BCUT2D eigenvalue weighted by molar-refractivity contribution is 6.52. The lowest BCUT2D eigenvalue weighted by Crippen LogP contribution is -2.22. The fraction of sp³-hybridized carbons (Fsp3) is 0.385. The van der Waals surface area contributed by atoms with Gasteiger partial charge < -0.3 is 0 Å². The molecule has 0 bridgehead atoms. The second-order valence-corrected chi connectivity index (χ2v) is 4.90. The molecule has 0 aliphatic heterocycles. The summed E-state index contributed by atoms with van der Waals surface area (Å²) in [7, 11) is 1.96. The Kier molecular flexibility index (Phi) is 3.68. The summed E-state index contributed by atoms with van der Waals surface area (Å²) in [5.74, 6) is 0.0719. The summed E-state index contributed by atoms with van der Waals surface area (Å²) >= 11 is 6.03. The van der Waals surface area contributed by atoms with Crippen LogP contribution in [0.3, 0.4) is 0 Å². The lowest BCUT2D eigenvalue weighted by atomic mass is 9.71. The number of rotatable bonds is 2. The fourth-order valence-corrected chi connectivity index (χ4v) is 2.51. The smallest absolute Gasteiger partial charge is 0.148 e. The Bertz CT molecular complexity index is 454. The van der Waals surface area contributed by atoms with Gasteiger partial charge in [0.15, 0.2) is 0 Å². The third kappa shape index (κ3) is 2.98. The van der Waals surface area contributed by atoms with E-state index in [2.05, 4.69) is 0 Å². The highest BCUT2D eigenvalue weighted by Gasteiger charge is 2.26. The van der Waals surface area contributed by atoms with E-state index in [0.29, 0.717) is 17.9 Å². The number of hydrogen-bond acceptors (Lipinski definition) is 2. The van der Waals surface area contributed by atoms with Gasteiger partial charge in [-0.25, -0.2) is 0 Å². The first-order valence-corrected chi connectivity index (χ1v) is 6.09. The molecule has 0 saturated heterocycles. The van der Waals surface area contributed by atoms with Crippen molar-refractivity contribution in [2.24, 2.45) is 0 Å². The van der Waals surface area contributed by atoms with Crippen LogP contribution in [-0.2, 0) is 9.59 Å². The van der Waals surface area contributed by atoms with Gasteiger partial charge in [-0.15, -0.1) is 0 Å². The Morgan fingerprint density at radius 2 is 1.82 bits per heavy atom. The minimum Gasteiger partial charge on any atom is -0.299 e. The van der Waals surface area contributed by atoms with Crippen LogP contribution in [0.5, 0.6) is 0 Å². The molecule has 0 amide bonds. The molecular weight excluding hydrogens is 234 g/mol. The molecule has 1 aliphatic carbocycles. The van der Waals surface area contributed by atoms with Gasteiger partial charge in [-0.3, -0.25) is 9.59 Å². The van der Waals surface area contributed by atoms with Crippen molar-refractivity contribution in [3.8, 4) is 0 Å². The Morgan fingerprint density at radius 1 is 1.18 bits per heavy atom. The Morgan fingerprint density at radius 3 is 2.41 bits per heavy atom. The van der Waals surface area contributed by atoms with Crippen LogP contribution in [0.25, 0.3) is 0 Å². The predicted octanol–water partition coefficient (Wildman–Crippen LogP) is 2.12. The molecule has 0 N–H and O–H groups in total. The number of carbonyl (C=O) groups is 2. The van der Waals surface area contributed by atoms with Gasteiger partial charge in [0.25, 0.3) is 0 Å². The Labute approximate surface area is 107 Å². The molecule has 1 aromatic carbocycles. The number of carbonyl (C=O) groups excluding carboxylic acids is 2. The average molecular weight is 248 g/mol. The first kappa shape index (κ1) is 12.4. The zero-order valence-corrected chi connectivity index (χ0v) is 10.5. The zero-order chi connectivity index (χ0) is 12.4. The maximum Gasteiger partial charge on any atom is 0.148 e. The van der Waals surface area contributed by atoms with Crippen molar-refractivity contribution in [1.82, 2.24) is 0 Å². The van der Waals surface area contributed by atoms with Crippen molar-refractivity contribution in [3.05, 3.63) is 28.8 Å². The summed E-state index contributed by atoms with van der Waals surface area (Å²) in [5.41, 5.74) is 2.02. The normalized spacial score (nSPS) is 17.3. The van der Waals surface area contributed by atoms with Gasteiger partial charge in [-0.05, 0) is 23.6 Å². The monoisotopic (exact) mass is 247 g/mol. The van der Waals surface area contributed by atoms with Crippen molar-refractivity contribution in [1.29, 1.82) is 0 Å². The van der Waals surface area contributed by atoms with Gasteiger partial charge in [0.05, 0.1) is 6.42 Å². The predicted molar refractivity (Wildman–Crippen MR) is 69.3 cm³/mol. The summed E-state index contributed by atoms with van der Waals surface area (Å²) in [6.45, 7) is 1.94. The lowest BCUT2D eigenvalue weighted by Gasteiger charge is -2.21. The van der Waals surface area contributed by atoms with E-state index >= 15 is 0 Å². The maximum atomic E-state index is 11.4. The third-order valence-electron chi connectivity index (χ3n) is 3.09. The van der Waals surface area contributed by atoms with E-state index in [4.69, 9.17) is 11.6 Å². The van der Waals surface area contributed by atoms with Crippen LogP contribution < -0.4 is 5.46 Å². The van der Waals surface area contributed by atoms with Crippen LogP contribution >= 0.6 is 11.6 Å². The molecule has 0 aromatic heterocycles. The summed E-state index contributed by atoms with van der Waals surface area (Å²) in [6.07, 6.45) is 1.01. The van der Waals surface area contributed by atoms with Gasteiger partial charge in [0.2, 0.25) is 0 Å². The molecule has 0 spiro atoms.